The summed E-state index contributed by atoms with van der Waals surface area (Å²) in [6.45, 7) is 5.68. The van der Waals surface area contributed by atoms with Crippen LogP contribution in [-0.2, 0) is 16.6 Å². The van der Waals surface area contributed by atoms with Gasteiger partial charge in [0.15, 0.2) is 5.82 Å². The highest BCUT2D eigenvalue weighted by atomic mass is 32.2. The number of carbonyl (C=O) groups is 1. The van der Waals surface area contributed by atoms with Crippen LogP contribution in [0.25, 0.3) is 16.8 Å². The van der Waals surface area contributed by atoms with E-state index in [2.05, 4.69) is 30.4 Å². The van der Waals surface area contributed by atoms with E-state index in [-0.39, 0.29) is 41.1 Å². The number of sulfonamides is 1. The maximum Gasteiger partial charge on any atom is 0.251 e. The number of anilines is 3. The molecule has 230 valence electrons. The monoisotopic (exact) mass is 626 g/mol. The molecule has 0 saturated heterocycles. The Kier molecular flexibility index (Phi) is 8.25. The molecular weight excluding hydrogens is 596 g/mol. The molecule has 15 heteroatoms. The summed E-state index contributed by atoms with van der Waals surface area (Å²) in [5, 5.41) is 30.2. The maximum absolute atomic E-state index is 13.3. The Morgan fingerprint density at radius 3 is 2.67 bits per heavy atom. The van der Waals surface area contributed by atoms with Crippen molar-refractivity contribution < 1.29 is 18.3 Å². The molecule has 0 saturated carbocycles. The second kappa shape index (κ2) is 12.1. The third-order valence-corrected chi connectivity index (χ3v) is 7.41. The van der Waals surface area contributed by atoms with E-state index < -0.39 is 16.1 Å². The van der Waals surface area contributed by atoms with Crippen molar-refractivity contribution in [1.82, 2.24) is 29.9 Å². The number of nitrogen functional groups attached to an aromatic ring is 1. The Balaban J connectivity index is 1.46. The van der Waals surface area contributed by atoms with Crippen LogP contribution in [0.15, 0.2) is 55.0 Å². The van der Waals surface area contributed by atoms with Gasteiger partial charge in [-0.25, -0.2) is 27.9 Å². The molecule has 0 aliphatic rings. The van der Waals surface area contributed by atoms with Gasteiger partial charge in [-0.1, -0.05) is 0 Å². The molecule has 6 N–H and O–H groups in total. The standard InChI is InChI=1S/C30H30N10O4S/c1-16-7-20(11-21(8-16)30(42)33-14-19-9-22(12-23(41)10-19)39-45(4,43)44)25-26-17(2)5-6-40(26)38-28(37-25)18(3)36-29-24(13-31)27(32)34-15-35-29/h5-12,15,18,39,41H,14H2,1-4H3,(H,33,42)(H3,32,34,35,36). The predicted octanol–water partition coefficient (Wildman–Crippen LogP) is 3.44. The molecular formula is C30H30N10O4S. The molecule has 1 atom stereocenters. The number of amides is 1. The molecule has 45 heavy (non-hydrogen) atoms. The third-order valence-electron chi connectivity index (χ3n) is 6.80. The van der Waals surface area contributed by atoms with Crippen LogP contribution in [0, 0.1) is 25.2 Å². The van der Waals surface area contributed by atoms with E-state index >= 15 is 0 Å². The van der Waals surface area contributed by atoms with Gasteiger partial charge in [-0.2, -0.15) is 10.4 Å². The Bertz CT molecular complexity index is 2100. The summed E-state index contributed by atoms with van der Waals surface area (Å²) in [4.78, 5) is 26.2. The number of aromatic nitrogens is 5. The first-order chi connectivity index (χ1) is 21.3. The number of nitrogens with zero attached hydrogens (tertiary/aromatic N) is 6. The second-order valence-corrected chi connectivity index (χ2v) is 12.4. The number of phenols is 1. The minimum absolute atomic E-state index is 0.0378. The predicted molar refractivity (Wildman–Crippen MR) is 169 cm³/mol. The number of fused-ring (bicyclic) bond motifs is 1. The molecule has 3 heterocycles. The van der Waals surface area contributed by atoms with E-state index in [4.69, 9.17) is 10.7 Å². The number of benzene rings is 2. The summed E-state index contributed by atoms with van der Waals surface area (Å²) >= 11 is 0. The topological polar surface area (TPSA) is 213 Å². The van der Waals surface area contributed by atoms with Gasteiger partial charge in [-0.05, 0) is 73.9 Å². The van der Waals surface area contributed by atoms with Gasteiger partial charge in [0.1, 0.15) is 35.3 Å². The SMILES string of the molecule is Cc1cc(C(=O)NCc2cc(O)cc(NS(C)(=O)=O)c2)cc(-c2nc(C(C)Nc3ncnc(N)c3C#N)nn3ccc(C)c23)c1. The van der Waals surface area contributed by atoms with Crippen molar-refractivity contribution >= 4 is 38.8 Å². The number of nitrogens with one attached hydrogen (secondary N) is 3. The molecule has 3 aromatic heterocycles. The van der Waals surface area contributed by atoms with E-state index in [1.165, 1.54) is 24.5 Å². The maximum atomic E-state index is 13.3. The zero-order chi connectivity index (χ0) is 32.5. The number of aromatic hydroxyl groups is 1. The van der Waals surface area contributed by atoms with Crippen LogP contribution >= 0.6 is 0 Å². The lowest BCUT2D eigenvalue weighted by Gasteiger charge is -2.17. The van der Waals surface area contributed by atoms with Gasteiger partial charge in [-0.15, -0.1) is 0 Å². The Morgan fingerprint density at radius 2 is 1.93 bits per heavy atom. The molecule has 5 rings (SSSR count). The summed E-state index contributed by atoms with van der Waals surface area (Å²) in [7, 11) is -3.55. The minimum Gasteiger partial charge on any atom is -0.508 e. The van der Waals surface area contributed by atoms with E-state index in [0.29, 0.717) is 28.2 Å². The average Bonchev–Trinajstić information content (AvgIpc) is 3.34. The van der Waals surface area contributed by atoms with Crippen LogP contribution in [0.2, 0.25) is 0 Å². The highest BCUT2D eigenvalue weighted by Crippen LogP contribution is 2.30. The number of nitriles is 1. The quantitative estimate of drug-likeness (QED) is 0.160. The van der Waals surface area contributed by atoms with Crippen LogP contribution in [-0.4, -0.2) is 50.3 Å². The van der Waals surface area contributed by atoms with Gasteiger partial charge in [0, 0.05) is 29.9 Å². The lowest BCUT2D eigenvalue weighted by atomic mass is 10.0. The van der Waals surface area contributed by atoms with E-state index in [9.17, 15) is 23.6 Å². The van der Waals surface area contributed by atoms with Gasteiger partial charge in [0.05, 0.1) is 29.2 Å². The van der Waals surface area contributed by atoms with E-state index in [0.717, 1.165) is 22.9 Å². The first-order valence-electron chi connectivity index (χ1n) is 13.6. The first-order valence-corrected chi connectivity index (χ1v) is 15.5. The number of carbonyl (C=O) groups excluding carboxylic acids is 1. The van der Waals surface area contributed by atoms with Crippen molar-refractivity contribution in [2.24, 2.45) is 0 Å². The lowest BCUT2D eigenvalue weighted by Crippen LogP contribution is -2.23. The zero-order valence-electron chi connectivity index (χ0n) is 24.8. The Morgan fingerprint density at radius 1 is 1.16 bits per heavy atom. The van der Waals surface area contributed by atoms with Crippen molar-refractivity contribution in [2.45, 2.75) is 33.4 Å². The number of rotatable bonds is 9. The smallest absolute Gasteiger partial charge is 0.251 e. The number of hydrogen-bond donors (Lipinski definition) is 5. The number of hydrogen-bond acceptors (Lipinski definition) is 11. The normalized spacial score (nSPS) is 12.0. The first kappa shape index (κ1) is 30.7. The zero-order valence-corrected chi connectivity index (χ0v) is 25.6. The summed E-state index contributed by atoms with van der Waals surface area (Å²) in [6, 6.07) is 13.1. The van der Waals surface area contributed by atoms with Crippen molar-refractivity contribution in [2.75, 3.05) is 22.0 Å². The van der Waals surface area contributed by atoms with Crippen LogP contribution < -0.4 is 21.1 Å². The van der Waals surface area contributed by atoms with Gasteiger partial charge in [0.25, 0.3) is 5.91 Å². The summed E-state index contributed by atoms with van der Waals surface area (Å²) in [5.41, 5.74) is 10.8. The van der Waals surface area contributed by atoms with E-state index in [1.54, 1.807) is 16.6 Å². The van der Waals surface area contributed by atoms with Gasteiger partial charge < -0.3 is 21.5 Å². The lowest BCUT2D eigenvalue weighted by molar-refractivity contribution is 0.0950. The van der Waals surface area contributed by atoms with Crippen molar-refractivity contribution in [3.05, 3.63) is 88.6 Å². The largest absolute Gasteiger partial charge is 0.508 e. The Hall–Kier alpha value is -5.75. The molecule has 0 fully saturated rings. The van der Waals surface area contributed by atoms with E-state index in [1.807, 2.05) is 45.2 Å². The number of aryl methyl sites for hydroxylation is 2. The molecule has 0 spiro atoms. The molecule has 1 amide bonds. The van der Waals surface area contributed by atoms with Gasteiger partial charge >= 0.3 is 0 Å². The molecule has 0 radical (unpaired) electrons. The van der Waals surface area contributed by atoms with Crippen molar-refractivity contribution in [1.29, 1.82) is 5.26 Å². The summed E-state index contributed by atoms with van der Waals surface area (Å²) in [5.74, 6) is 0.197. The summed E-state index contributed by atoms with van der Waals surface area (Å²) in [6.07, 6.45) is 4.09. The molecule has 14 nitrogen and oxygen atoms in total. The number of nitrogens with two attached hydrogens (primary N) is 1. The average molecular weight is 627 g/mol. The molecule has 2 aromatic carbocycles. The van der Waals surface area contributed by atoms with Gasteiger partial charge in [-0.3, -0.25) is 9.52 Å². The molecule has 0 aliphatic heterocycles. The van der Waals surface area contributed by atoms with Crippen molar-refractivity contribution in [3.63, 3.8) is 0 Å². The third kappa shape index (κ3) is 6.92. The van der Waals surface area contributed by atoms with Gasteiger partial charge in [0.2, 0.25) is 10.0 Å². The molecule has 0 aliphatic carbocycles. The number of phenolic OH excluding ortho intramolecular Hbond substituents is 1. The van der Waals surface area contributed by atoms with Crippen LogP contribution in [0.5, 0.6) is 5.75 Å². The Labute approximate surface area is 259 Å². The fourth-order valence-electron chi connectivity index (χ4n) is 4.85. The highest BCUT2D eigenvalue weighted by Gasteiger charge is 2.20. The van der Waals surface area contributed by atoms with Crippen LogP contribution in [0.4, 0.5) is 17.3 Å². The minimum atomic E-state index is -3.55. The summed E-state index contributed by atoms with van der Waals surface area (Å²) < 4.78 is 27.3. The highest BCUT2D eigenvalue weighted by molar-refractivity contribution is 7.92. The van der Waals surface area contributed by atoms with Crippen LogP contribution in [0.1, 0.15) is 51.4 Å². The second-order valence-electron chi connectivity index (χ2n) is 10.6. The van der Waals surface area contributed by atoms with Crippen LogP contribution in [0.3, 0.4) is 0 Å². The molecule has 5 aromatic rings. The van der Waals surface area contributed by atoms with Crippen molar-refractivity contribution in [3.8, 4) is 23.1 Å². The molecule has 1 unspecified atom stereocenters. The fourth-order valence-corrected chi connectivity index (χ4v) is 5.40. The molecule has 0 bridgehead atoms. The fraction of sp³-hybridized carbons (Fsp3) is 0.200.